The Labute approximate surface area is 133 Å². The lowest BCUT2D eigenvalue weighted by Crippen LogP contribution is -2.04. The van der Waals surface area contributed by atoms with Gasteiger partial charge in [-0.1, -0.05) is 6.07 Å². The van der Waals surface area contributed by atoms with Gasteiger partial charge in [0, 0.05) is 0 Å². The van der Waals surface area contributed by atoms with Crippen LogP contribution in [0.3, 0.4) is 0 Å². The Kier molecular flexibility index (Phi) is 3.24. The van der Waals surface area contributed by atoms with E-state index in [-0.39, 0.29) is 5.28 Å². The molecule has 0 aromatic carbocycles. The van der Waals surface area contributed by atoms with Crippen LogP contribution in [0, 0.1) is 0 Å². The summed E-state index contributed by atoms with van der Waals surface area (Å²) >= 11 is 7.56. The second-order valence-electron chi connectivity index (χ2n) is 4.52. The van der Waals surface area contributed by atoms with Crippen LogP contribution in [-0.4, -0.2) is 29.9 Å². The third kappa shape index (κ3) is 2.42. The van der Waals surface area contributed by atoms with Crippen LogP contribution in [0.1, 0.15) is 5.82 Å². The molecule has 0 saturated carbocycles. The maximum atomic E-state index is 5.90. The Hall–Kier alpha value is -2.45. The first-order chi connectivity index (χ1) is 10.8. The first kappa shape index (κ1) is 13.2. The van der Waals surface area contributed by atoms with Crippen molar-refractivity contribution in [3.63, 3.8) is 0 Å². The molecule has 7 nitrogen and oxygen atoms in total. The predicted molar refractivity (Wildman–Crippen MR) is 85.9 cm³/mol. The molecule has 0 atom stereocenters. The van der Waals surface area contributed by atoms with E-state index >= 15 is 0 Å². The standard InChI is InChI=1S/C13H10ClN7S/c14-13-20-11(10-12(21-13)18-6-17-10)16-5-9-15-4-7(19-9)8-2-1-3-22-8/h1-4,6H,5H2,(H,15,19)(H2,16,17,18,20,21). The number of thiophene rings is 1. The van der Waals surface area contributed by atoms with Crippen LogP contribution in [0.4, 0.5) is 5.82 Å². The maximum Gasteiger partial charge on any atom is 0.226 e. The van der Waals surface area contributed by atoms with Crippen LogP contribution >= 0.6 is 22.9 Å². The van der Waals surface area contributed by atoms with Gasteiger partial charge in [-0.05, 0) is 23.0 Å². The van der Waals surface area contributed by atoms with E-state index < -0.39 is 0 Å². The fourth-order valence-corrected chi connectivity index (χ4v) is 2.97. The lowest BCUT2D eigenvalue weighted by atomic mass is 10.4. The highest BCUT2D eigenvalue weighted by atomic mass is 35.5. The highest BCUT2D eigenvalue weighted by Gasteiger charge is 2.10. The molecule has 0 bridgehead atoms. The summed E-state index contributed by atoms with van der Waals surface area (Å²) in [5.41, 5.74) is 2.25. The van der Waals surface area contributed by atoms with Crippen molar-refractivity contribution in [1.82, 2.24) is 29.9 Å². The molecule has 0 aliphatic heterocycles. The molecule has 0 saturated heterocycles. The molecule has 22 heavy (non-hydrogen) atoms. The molecule has 4 aromatic rings. The summed E-state index contributed by atoms with van der Waals surface area (Å²) in [6.07, 6.45) is 3.38. The number of aromatic nitrogens is 6. The number of nitrogens with zero attached hydrogens (tertiary/aromatic N) is 4. The summed E-state index contributed by atoms with van der Waals surface area (Å²) in [5.74, 6) is 1.41. The summed E-state index contributed by atoms with van der Waals surface area (Å²) < 4.78 is 0. The molecule has 0 unspecified atom stereocenters. The van der Waals surface area contributed by atoms with Gasteiger partial charge in [-0.2, -0.15) is 9.97 Å². The monoisotopic (exact) mass is 331 g/mol. The largest absolute Gasteiger partial charge is 0.361 e. The number of rotatable bonds is 4. The molecule has 0 aliphatic rings. The summed E-state index contributed by atoms with van der Waals surface area (Å²) in [5, 5.41) is 5.38. The number of anilines is 1. The minimum Gasteiger partial charge on any atom is -0.361 e. The van der Waals surface area contributed by atoms with Gasteiger partial charge in [0.2, 0.25) is 5.28 Å². The summed E-state index contributed by atoms with van der Waals surface area (Å²) in [6, 6.07) is 4.06. The van der Waals surface area contributed by atoms with Crippen molar-refractivity contribution in [2.24, 2.45) is 0 Å². The molecule has 0 amide bonds. The summed E-state index contributed by atoms with van der Waals surface area (Å²) in [6.45, 7) is 0.493. The van der Waals surface area contributed by atoms with Crippen LogP contribution in [0.15, 0.2) is 30.0 Å². The third-order valence-electron chi connectivity index (χ3n) is 3.10. The van der Waals surface area contributed by atoms with Crippen LogP contribution in [-0.2, 0) is 6.54 Å². The second-order valence-corrected chi connectivity index (χ2v) is 5.80. The molecule has 0 fully saturated rings. The Balaban J connectivity index is 1.56. The van der Waals surface area contributed by atoms with E-state index in [0.717, 1.165) is 21.9 Å². The highest BCUT2D eigenvalue weighted by molar-refractivity contribution is 7.13. The second kappa shape index (κ2) is 5.39. The first-order valence-electron chi connectivity index (χ1n) is 6.48. The van der Waals surface area contributed by atoms with Crippen molar-refractivity contribution >= 4 is 39.9 Å². The average molecular weight is 332 g/mol. The normalized spacial score (nSPS) is 11.1. The number of imidazole rings is 2. The van der Waals surface area contributed by atoms with E-state index in [1.807, 2.05) is 23.7 Å². The van der Waals surface area contributed by atoms with Crippen molar-refractivity contribution in [2.75, 3.05) is 5.32 Å². The van der Waals surface area contributed by atoms with Crippen molar-refractivity contribution in [2.45, 2.75) is 6.54 Å². The zero-order chi connectivity index (χ0) is 14.9. The molecule has 9 heteroatoms. The van der Waals surface area contributed by atoms with Gasteiger partial charge in [-0.15, -0.1) is 11.3 Å². The molecule has 4 heterocycles. The van der Waals surface area contributed by atoms with Crippen LogP contribution in [0.2, 0.25) is 5.28 Å². The van der Waals surface area contributed by atoms with Gasteiger partial charge in [-0.3, -0.25) is 0 Å². The summed E-state index contributed by atoms with van der Waals surface area (Å²) in [7, 11) is 0. The van der Waals surface area contributed by atoms with Crippen LogP contribution < -0.4 is 5.32 Å². The Morgan fingerprint density at radius 2 is 2.23 bits per heavy atom. The van der Waals surface area contributed by atoms with E-state index in [0.29, 0.717) is 18.0 Å². The number of H-pyrrole nitrogens is 2. The molecule has 0 spiro atoms. The Bertz CT molecular complexity index is 912. The molecule has 0 aliphatic carbocycles. The Morgan fingerprint density at radius 3 is 3.09 bits per heavy atom. The zero-order valence-electron chi connectivity index (χ0n) is 11.2. The minimum atomic E-state index is 0.154. The van der Waals surface area contributed by atoms with E-state index in [1.54, 1.807) is 17.7 Å². The number of aromatic amines is 2. The van der Waals surface area contributed by atoms with Crippen molar-refractivity contribution in [3.05, 3.63) is 41.1 Å². The van der Waals surface area contributed by atoms with E-state index in [4.69, 9.17) is 11.6 Å². The number of halogens is 1. The quantitative estimate of drug-likeness (QED) is 0.499. The Morgan fingerprint density at radius 1 is 1.27 bits per heavy atom. The van der Waals surface area contributed by atoms with E-state index in [1.165, 1.54) is 0 Å². The minimum absolute atomic E-state index is 0.154. The molecule has 4 aromatic heterocycles. The fraction of sp³-hybridized carbons (Fsp3) is 0.0769. The molecule has 110 valence electrons. The fourth-order valence-electron chi connectivity index (χ4n) is 2.11. The SMILES string of the molecule is Clc1nc(NCc2ncc(-c3cccs3)[nH]2)c2[nH]cnc2n1. The molecular weight excluding hydrogens is 322 g/mol. The van der Waals surface area contributed by atoms with Gasteiger partial charge in [0.1, 0.15) is 11.3 Å². The van der Waals surface area contributed by atoms with Gasteiger partial charge in [-0.25, -0.2) is 9.97 Å². The molecular formula is C13H10ClN7S. The van der Waals surface area contributed by atoms with E-state index in [9.17, 15) is 0 Å². The number of fused-ring (bicyclic) bond motifs is 1. The molecule has 3 N–H and O–H groups in total. The lowest BCUT2D eigenvalue weighted by Gasteiger charge is -2.04. The number of nitrogens with one attached hydrogen (secondary N) is 3. The van der Waals surface area contributed by atoms with Gasteiger partial charge in [0.25, 0.3) is 0 Å². The topological polar surface area (TPSA) is 95.2 Å². The van der Waals surface area contributed by atoms with Crippen molar-refractivity contribution in [1.29, 1.82) is 0 Å². The van der Waals surface area contributed by atoms with Crippen molar-refractivity contribution in [3.8, 4) is 10.6 Å². The van der Waals surface area contributed by atoms with Gasteiger partial charge in [0.15, 0.2) is 11.5 Å². The lowest BCUT2D eigenvalue weighted by molar-refractivity contribution is 0.988. The van der Waals surface area contributed by atoms with Gasteiger partial charge in [0.05, 0.1) is 29.6 Å². The van der Waals surface area contributed by atoms with Gasteiger partial charge >= 0.3 is 0 Å². The van der Waals surface area contributed by atoms with Crippen LogP contribution in [0.25, 0.3) is 21.7 Å². The van der Waals surface area contributed by atoms with Gasteiger partial charge < -0.3 is 15.3 Å². The third-order valence-corrected chi connectivity index (χ3v) is 4.17. The number of hydrogen-bond acceptors (Lipinski definition) is 6. The first-order valence-corrected chi connectivity index (χ1v) is 7.73. The van der Waals surface area contributed by atoms with E-state index in [2.05, 4.69) is 35.2 Å². The smallest absolute Gasteiger partial charge is 0.226 e. The molecule has 0 radical (unpaired) electrons. The summed E-state index contributed by atoms with van der Waals surface area (Å²) in [4.78, 5) is 24.1. The highest BCUT2D eigenvalue weighted by Crippen LogP contribution is 2.23. The zero-order valence-corrected chi connectivity index (χ0v) is 12.7. The average Bonchev–Trinajstić information content (AvgIpc) is 3.24. The molecule has 4 rings (SSSR count). The van der Waals surface area contributed by atoms with Crippen molar-refractivity contribution < 1.29 is 0 Å². The predicted octanol–water partition coefficient (Wildman–Crippen LogP) is 3.07. The van der Waals surface area contributed by atoms with Crippen LogP contribution in [0.5, 0.6) is 0 Å². The maximum absolute atomic E-state index is 5.90. The number of hydrogen-bond donors (Lipinski definition) is 3.